The van der Waals surface area contributed by atoms with Gasteiger partial charge in [0.2, 0.25) is 5.91 Å². The molecule has 0 aromatic carbocycles. The highest BCUT2D eigenvalue weighted by molar-refractivity contribution is 5.75. The van der Waals surface area contributed by atoms with Crippen LogP contribution >= 0.6 is 0 Å². The molecule has 0 aliphatic carbocycles. The molecule has 0 bridgehead atoms. The monoisotopic (exact) mass is 169 g/mol. The molecule has 0 aromatic rings. The Labute approximate surface area is 72.3 Å². The molecule has 12 heavy (non-hydrogen) atoms. The van der Waals surface area contributed by atoms with Crippen LogP contribution in [-0.4, -0.2) is 36.6 Å². The Kier molecular flexibility index (Phi) is 2.28. The van der Waals surface area contributed by atoms with E-state index in [0.29, 0.717) is 12.5 Å². The van der Waals surface area contributed by atoms with Crippen LogP contribution in [-0.2, 0) is 4.79 Å². The van der Waals surface area contributed by atoms with Gasteiger partial charge in [0.15, 0.2) is 0 Å². The van der Waals surface area contributed by atoms with Gasteiger partial charge in [0.1, 0.15) is 0 Å². The minimum Gasteiger partial charge on any atom is -0.315 e. The Morgan fingerprint density at radius 1 is 1.50 bits per heavy atom. The highest BCUT2D eigenvalue weighted by atomic mass is 16.2. The van der Waals surface area contributed by atoms with Crippen LogP contribution < -0.4 is 10.7 Å². The van der Waals surface area contributed by atoms with Gasteiger partial charge in [-0.25, -0.2) is 5.01 Å². The van der Waals surface area contributed by atoms with Gasteiger partial charge >= 0.3 is 0 Å². The number of hydrogen-bond donors (Lipinski definition) is 2. The molecular weight excluding hydrogens is 154 g/mol. The number of nitrogens with one attached hydrogen (secondary N) is 2. The zero-order valence-electron chi connectivity index (χ0n) is 7.18. The number of nitrogens with zero attached hydrogens (tertiary/aromatic N) is 1. The largest absolute Gasteiger partial charge is 0.315 e. The summed E-state index contributed by atoms with van der Waals surface area (Å²) in [6.45, 7) is 3.11. The van der Waals surface area contributed by atoms with E-state index in [9.17, 15) is 4.79 Å². The molecular formula is C8H15N3O. The van der Waals surface area contributed by atoms with Crippen molar-refractivity contribution in [2.24, 2.45) is 0 Å². The summed E-state index contributed by atoms with van der Waals surface area (Å²) in [4.78, 5) is 11.1. The van der Waals surface area contributed by atoms with Gasteiger partial charge in [-0.1, -0.05) is 0 Å². The molecule has 1 unspecified atom stereocenters. The van der Waals surface area contributed by atoms with Crippen LogP contribution in [0.3, 0.4) is 0 Å². The average Bonchev–Trinajstić information content (AvgIpc) is 2.56. The van der Waals surface area contributed by atoms with Crippen LogP contribution in [0.25, 0.3) is 0 Å². The molecule has 2 saturated heterocycles. The van der Waals surface area contributed by atoms with E-state index < -0.39 is 0 Å². The van der Waals surface area contributed by atoms with Crippen molar-refractivity contribution >= 4 is 5.91 Å². The molecule has 2 aliphatic rings. The molecule has 4 heteroatoms. The summed E-state index contributed by atoms with van der Waals surface area (Å²) >= 11 is 0. The van der Waals surface area contributed by atoms with Gasteiger partial charge in [-0.3, -0.25) is 10.2 Å². The first-order valence-corrected chi connectivity index (χ1v) is 4.63. The summed E-state index contributed by atoms with van der Waals surface area (Å²) < 4.78 is 0. The number of carbonyl (C=O) groups excluding carboxylic acids is 1. The fourth-order valence-electron chi connectivity index (χ4n) is 1.86. The number of carbonyl (C=O) groups is 1. The van der Waals surface area contributed by atoms with E-state index in [-0.39, 0.29) is 5.91 Å². The molecule has 2 fully saturated rings. The summed E-state index contributed by atoms with van der Waals surface area (Å²) in [7, 11) is 0. The summed E-state index contributed by atoms with van der Waals surface area (Å²) in [5, 5.41) is 5.38. The molecule has 0 aromatic heterocycles. The zero-order chi connectivity index (χ0) is 8.39. The lowest BCUT2D eigenvalue weighted by molar-refractivity contribution is -0.130. The van der Waals surface area contributed by atoms with Gasteiger partial charge < -0.3 is 5.32 Å². The maximum Gasteiger partial charge on any atom is 0.234 e. The minimum atomic E-state index is 0.174. The number of amides is 1. The predicted molar refractivity (Wildman–Crippen MR) is 45.4 cm³/mol. The average molecular weight is 169 g/mol. The van der Waals surface area contributed by atoms with Crippen molar-refractivity contribution in [2.45, 2.75) is 25.3 Å². The standard InChI is InChI=1S/C8H15N3O/c12-8-2-1-5-11(10-8)7-3-4-9-6-7/h7,9H,1-6H2,(H,10,12). The van der Waals surface area contributed by atoms with Crippen molar-refractivity contribution in [3.05, 3.63) is 0 Å². The number of hydrazine groups is 1. The third-order valence-corrected chi connectivity index (χ3v) is 2.55. The smallest absolute Gasteiger partial charge is 0.234 e. The van der Waals surface area contributed by atoms with Gasteiger partial charge in [0.05, 0.1) is 0 Å². The molecule has 1 amide bonds. The normalized spacial score (nSPS) is 32.0. The lowest BCUT2D eigenvalue weighted by Gasteiger charge is -2.31. The molecule has 2 heterocycles. The van der Waals surface area contributed by atoms with Crippen molar-refractivity contribution in [3.8, 4) is 0 Å². The quantitative estimate of drug-likeness (QED) is 0.555. The molecule has 4 nitrogen and oxygen atoms in total. The first kappa shape index (κ1) is 8.01. The third-order valence-electron chi connectivity index (χ3n) is 2.55. The molecule has 1 atom stereocenters. The van der Waals surface area contributed by atoms with Crippen molar-refractivity contribution in [3.63, 3.8) is 0 Å². The number of hydrogen-bond acceptors (Lipinski definition) is 3. The first-order valence-electron chi connectivity index (χ1n) is 4.63. The highest BCUT2D eigenvalue weighted by Gasteiger charge is 2.25. The first-order chi connectivity index (χ1) is 5.86. The van der Waals surface area contributed by atoms with Gasteiger partial charge in [-0.15, -0.1) is 0 Å². The molecule has 2 aliphatic heterocycles. The Balaban J connectivity index is 1.89. The van der Waals surface area contributed by atoms with Crippen LogP contribution in [0.1, 0.15) is 19.3 Å². The van der Waals surface area contributed by atoms with Gasteiger partial charge in [-0.05, 0) is 19.4 Å². The SMILES string of the molecule is O=C1CCCN(C2CCNC2)N1. The number of rotatable bonds is 1. The van der Waals surface area contributed by atoms with E-state index in [1.165, 1.54) is 0 Å². The van der Waals surface area contributed by atoms with Crippen LogP contribution in [0.2, 0.25) is 0 Å². The summed E-state index contributed by atoms with van der Waals surface area (Å²) in [5.41, 5.74) is 2.91. The lowest BCUT2D eigenvalue weighted by atomic mass is 10.2. The molecule has 0 saturated carbocycles. The van der Waals surface area contributed by atoms with E-state index in [2.05, 4.69) is 15.8 Å². The van der Waals surface area contributed by atoms with Gasteiger partial charge in [0.25, 0.3) is 0 Å². The van der Waals surface area contributed by atoms with Crippen LogP contribution in [0.4, 0.5) is 0 Å². The second kappa shape index (κ2) is 3.41. The van der Waals surface area contributed by atoms with E-state index in [4.69, 9.17) is 0 Å². The highest BCUT2D eigenvalue weighted by Crippen LogP contribution is 2.10. The van der Waals surface area contributed by atoms with Crippen LogP contribution in [0, 0.1) is 0 Å². The molecule has 0 spiro atoms. The van der Waals surface area contributed by atoms with Crippen LogP contribution in [0.15, 0.2) is 0 Å². The fourth-order valence-corrected chi connectivity index (χ4v) is 1.86. The summed E-state index contributed by atoms with van der Waals surface area (Å²) in [5.74, 6) is 0.174. The Morgan fingerprint density at radius 2 is 2.42 bits per heavy atom. The Hall–Kier alpha value is -0.610. The summed E-state index contributed by atoms with van der Waals surface area (Å²) in [6.07, 6.45) is 2.85. The fraction of sp³-hybridized carbons (Fsp3) is 0.875. The van der Waals surface area contributed by atoms with E-state index >= 15 is 0 Å². The van der Waals surface area contributed by atoms with Crippen molar-refractivity contribution in [2.75, 3.05) is 19.6 Å². The second-order valence-corrected chi connectivity index (χ2v) is 3.48. The zero-order valence-corrected chi connectivity index (χ0v) is 7.18. The predicted octanol–water partition coefficient (Wildman–Crippen LogP) is -0.525. The second-order valence-electron chi connectivity index (χ2n) is 3.48. The molecule has 2 N–H and O–H groups in total. The lowest BCUT2D eigenvalue weighted by Crippen LogP contribution is -2.52. The van der Waals surface area contributed by atoms with Crippen molar-refractivity contribution in [1.82, 2.24) is 15.8 Å². The Morgan fingerprint density at radius 3 is 3.08 bits per heavy atom. The Bertz CT molecular complexity index is 177. The molecule has 2 rings (SSSR count). The maximum atomic E-state index is 11.1. The van der Waals surface area contributed by atoms with Crippen molar-refractivity contribution in [1.29, 1.82) is 0 Å². The van der Waals surface area contributed by atoms with E-state index in [0.717, 1.165) is 32.5 Å². The maximum absolute atomic E-state index is 11.1. The third kappa shape index (κ3) is 1.59. The van der Waals surface area contributed by atoms with Gasteiger partial charge in [0, 0.05) is 25.6 Å². The van der Waals surface area contributed by atoms with E-state index in [1.54, 1.807) is 0 Å². The summed E-state index contributed by atoms with van der Waals surface area (Å²) in [6, 6.07) is 0.522. The molecule has 68 valence electrons. The topological polar surface area (TPSA) is 44.4 Å². The van der Waals surface area contributed by atoms with E-state index in [1.807, 2.05) is 0 Å². The molecule has 0 radical (unpaired) electrons. The van der Waals surface area contributed by atoms with Gasteiger partial charge in [-0.2, -0.15) is 0 Å². The van der Waals surface area contributed by atoms with Crippen molar-refractivity contribution < 1.29 is 4.79 Å². The minimum absolute atomic E-state index is 0.174. The van der Waals surface area contributed by atoms with Crippen LogP contribution in [0.5, 0.6) is 0 Å².